The Hall–Kier alpha value is -1.13. The van der Waals surface area contributed by atoms with Crippen molar-refractivity contribution in [3.8, 4) is 0 Å². The minimum atomic E-state index is 0. The van der Waals surface area contributed by atoms with Gasteiger partial charge in [-0.1, -0.05) is 28.1 Å². The summed E-state index contributed by atoms with van der Waals surface area (Å²) < 4.78 is 3.20. The third-order valence-electron chi connectivity index (χ3n) is 4.94. The molecule has 1 saturated heterocycles. The van der Waals surface area contributed by atoms with E-state index in [9.17, 15) is 0 Å². The highest BCUT2D eigenvalue weighted by atomic mass is 127. The number of halogens is 2. The van der Waals surface area contributed by atoms with Crippen LogP contribution in [0.15, 0.2) is 52.5 Å². The molecule has 0 aliphatic carbocycles. The number of hydrogen-bond acceptors (Lipinski definition) is 3. The molecule has 148 valence electrons. The maximum Gasteiger partial charge on any atom is 0.193 e. The second kappa shape index (κ2) is 11.0. The van der Waals surface area contributed by atoms with Crippen molar-refractivity contribution in [2.45, 2.75) is 19.5 Å². The number of nitrogens with zero attached hydrogens (tertiary/aromatic N) is 5. The Morgan fingerprint density at radius 3 is 2.52 bits per heavy atom. The summed E-state index contributed by atoms with van der Waals surface area (Å²) in [5.74, 6) is 0.987. The van der Waals surface area contributed by atoms with E-state index in [1.54, 1.807) is 6.20 Å². The fourth-order valence-corrected chi connectivity index (χ4v) is 3.59. The zero-order chi connectivity index (χ0) is 18.4. The van der Waals surface area contributed by atoms with Crippen LogP contribution in [-0.4, -0.2) is 65.1 Å². The van der Waals surface area contributed by atoms with E-state index in [-0.39, 0.29) is 24.0 Å². The molecule has 3 rings (SSSR count). The summed E-state index contributed by atoms with van der Waals surface area (Å²) in [4.78, 5) is 13.4. The largest absolute Gasteiger partial charge is 0.354 e. The van der Waals surface area contributed by atoms with Gasteiger partial charge in [0.25, 0.3) is 0 Å². The van der Waals surface area contributed by atoms with Crippen LogP contribution in [0.2, 0.25) is 0 Å². The van der Waals surface area contributed by atoms with Gasteiger partial charge in [0, 0.05) is 69.2 Å². The fraction of sp³-hybridized carbons (Fsp3) is 0.474. The van der Waals surface area contributed by atoms with E-state index < -0.39 is 0 Å². The van der Waals surface area contributed by atoms with E-state index >= 15 is 0 Å². The molecular formula is C19H28BrIN6. The monoisotopic (exact) mass is 546 g/mol. The lowest BCUT2D eigenvalue weighted by atomic mass is 10.1. The molecule has 27 heavy (non-hydrogen) atoms. The molecule has 0 radical (unpaired) electrons. The van der Waals surface area contributed by atoms with Gasteiger partial charge >= 0.3 is 0 Å². The van der Waals surface area contributed by atoms with Crippen LogP contribution in [0.3, 0.4) is 0 Å². The summed E-state index contributed by atoms with van der Waals surface area (Å²) in [7, 11) is 1.86. The number of guanidine groups is 1. The summed E-state index contributed by atoms with van der Waals surface area (Å²) >= 11 is 3.51. The van der Waals surface area contributed by atoms with Gasteiger partial charge in [-0.15, -0.1) is 24.0 Å². The first kappa shape index (κ1) is 22.2. The molecule has 1 fully saturated rings. The van der Waals surface area contributed by atoms with Gasteiger partial charge in [-0.2, -0.15) is 0 Å². The lowest BCUT2D eigenvalue weighted by molar-refractivity contribution is 0.138. The van der Waals surface area contributed by atoms with Crippen LogP contribution in [0, 0.1) is 0 Å². The van der Waals surface area contributed by atoms with Crippen LogP contribution in [0.4, 0.5) is 0 Å². The van der Waals surface area contributed by atoms with Crippen molar-refractivity contribution in [3.63, 3.8) is 0 Å². The van der Waals surface area contributed by atoms with E-state index in [1.807, 2.05) is 19.6 Å². The van der Waals surface area contributed by atoms with E-state index in [1.165, 1.54) is 5.56 Å². The number of aromatic nitrogens is 2. The van der Waals surface area contributed by atoms with Crippen molar-refractivity contribution >= 4 is 45.9 Å². The molecule has 1 aliphatic rings. The molecule has 1 N–H and O–H groups in total. The number of piperazine rings is 1. The summed E-state index contributed by atoms with van der Waals surface area (Å²) in [6.45, 7) is 8.09. The highest BCUT2D eigenvalue weighted by molar-refractivity contribution is 14.0. The molecule has 1 aromatic carbocycles. The van der Waals surface area contributed by atoms with Crippen molar-refractivity contribution in [3.05, 3.63) is 53.0 Å². The molecule has 1 unspecified atom stereocenters. The molecule has 1 atom stereocenters. The number of hydrogen-bond donors (Lipinski definition) is 1. The molecule has 1 aromatic heterocycles. The smallest absolute Gasteiger partial charge is 0.193 e. The van der Waals surface area contributed by atoms with Crippen LogP contribution in [-0.2, 0) is 6.54 Å². The Labute approximate surface area is 187 Å². The molecule has 6 nitrogen and oxygen atoms in total. The maximum absolute atomic E-state index is 4.45. The van der Waals surface area contributed by atoms with Crippen molar-refractivity contribution in [1.82, 2.24) is 24.7 Å². The van der Waals surface area contributed by atoms with Crippen molar-refractivity contribution < 1.29 is 0 Å². The first-order valence-corrected chi connectivity index (χ1v) is 9.87. The van der Waals surface area contributed by atoms with Gasteiger partial charge in [-0.25, -0.2) is 4.98 Å². The van der Waals surface area contributed by atoms with Gasteiger partial charge in [0.15, 0.2) is 5.96 Å². The van der Waals surface area contributed by atoms with Crippen LogP contribution in [0.25, 0.3) is 0 Å². The van der Waals surface area contributed by atoms with Gasteiger partial charge in [0.05, 0.1) is 6.33 Å². The molecule has 1 aliphatic heterocycles. The predicted octanol–water partition coefficient (Wildman–Crippen LogP) is 3.22. The first-order valence-electron chi connectivity index (χ1n) is 9.08. The Bertz CT molecular complexity index is 695. The van der Waals surface area contributed by atoms with Gasteiger partial charge in [-0.05, 0) is 24.6 Å². The number of rotatable bonds is 5. The van der Waals surface area contributed by atoms with Crippen LogP contribution >= 0.6 is 39.9 Å². The summed E-state index contributed by atoms with van der Waals surface area (Å²) in [6.07, 6.45) is 5.63. The number of nitrogens with one attached hydrogen (secondary N) is 1. The Balaban J connectivity index is 0.00000261. The molecular weight excluding hydrogens is 519 g/mol. The summed E-state index contributed by atoms with van der Waals surface area (Å²) in [5.41, 5.74) is 1.37. The van der Waals surface area contributed by atoms with Crippen LogP contribution in [0.1, 0.15) is 18.5 Å². The van der Waals surface area contributed by atoms with Gasteiger partial charge in [0.1, 0.15) is 0 Å². The molecule has 2 heterocycles. The standard InChI is InChI=1S/C19H27BrN6.HI/c1-16(17-3-5-18(20)6-4-17)25-11-13-26(14-12-25)19(21-2)23-8-10-24-9-7-22-15-24;/h3-7,9,15-16H,8,10-14H2,1-2H3,(H,21,23);1H. The van der Waals surface area contributed by atoms with Crippen molar-refractivity contribution in [2.24, 2.45) is 4.99 Å². The zero-order valence-corrected chi connectivity index (χ0v) is 19.8. The van der Waals surface area contributed by atoms with Crippen LogP contribution < -0.4 is 5.32 Å². The van der Waals surface area contributed by atoms with E-state index in [0.717, 1.165) is 49.7 Å². The molecule has 0 saturated carbocycles. The van der Waals surface area contributed by atoms with Gasteiger partial charge in [0.2, 0.25) is 0 Å². The number of benzene rings is 1. The summed E-state index contributed by atoms with van der Waals surface area (Å²) in [6, 6.07) is 9.08. The molecule has 8 heteroatoms. The topological polar surface area (TPSA) is 48.7 Å². The van der Waals surface area contributed by atoms with Gasteiger partial charge in [-0.3, -0.25) is 9.89 Å². The highest BCUT2D eigenvalue weighted by Gasteiger charge is 2.23. The van der Waals surface area contributed by atoms with Crippen molar-refractivity contribution in [1.29, 1.82) is 0 Å². The third kappa shape index (κ3) is 6.18. The second-order valence-electron chi connectivity index (χ2n) is 6.53. The van der Waals surface area contributed by atoms with E-state index in [2.05, 4.69) is 76.8 Å². The highest BCUT2D eigenvalue weighted by Crippen LogP contribution is 2.23. The first-order chi connectivity index (χ1) is 12.7. The molecule has 0 bridgehead atoms. The lowest BCUT2D eigenvalue weighted by Crippen LogP contribution is -2.53. The number of aliphatic imine (C=N–C) groups is 1. The Morgan fingerprint density at radius 2 is 1.93 bits per heavy atom. The number of imidazole rings is 1. The molecule has 0 spiro atoms. The average molecular weight is 547 g/mol. The maximum atomic E-state index is 4.45. The predicted molar refractivity (Wildman–Crippen MR) is 125 cm³/mol. The second-order valence-corrected chi connectivity index (χ2v) is 7.44. The Kier molecular flexibility index (Phi) is 9.04. The van der Waals surface area contributed by atoms with Crippen molar-refractivity contribution in [2.75, 3.05) is 39.8 Å². The minimum absolute atomic E-state index is 0. The van der Waals surface area contributed by atoms with Crippen LogP contribution in [0.5, 0.6) is 0 Å². The van der Waals surface area contributed by atoms with E-state index in [4.69, 9.17) is 0 Å². The Morgan fingerprint density at radius 1 is 1.22 bits per heavy atom. The normalized spacial score (nSPS) is 16.7. The average Bonchev–Trinajstić information content (AvgIpc) is 3.19. The van der Waals surface area contributed by atoms with Gasteiger partial charge < -0.3 is 14.8 Å². The third-order valence-corrected chi connectivity index (χ3v) is 5.47. The SMILES string of the molecule is CN=C(NCCn1ccnc1)N1CCN(C(C)c2ccc(Br)cc2)CC1.I. The lowest BCUT2D eigenvalue weighted by Gasteiger charge is -2.39. The summed E-state index contributed by atoms with van der Waals surface area (Å²) in [5, 5.41) is 3.46. The quantitative estimate of drug-likeness (QED) is 0.355. The molecule has 2 aromatic rings. The minimum Gasteiger partial charge on any atom is -0.354 e. The zero-order valence-electron chi connectivity index (χ0n) is 15.9. The fourth-order valence-electron chi connectivity index (χ4n) is 3.32. The van der Waals surface area contributed by atoms with E-state index in [0.29, 0.717) is 6.04 Å². The molecule has 0 amide bonds.